The van der Waals surface area contributed by atoms with Crippen LogP contribution in [0, 0.1) is 5.82 Å². The molecule has 1 atom stereocenters. The summed E-state index contributed by atoms with van der Waals surface area (Å²) in [7, 11) is 0. The van der Waals surface area contributed by atoms with E-state index in [1.165, 1.54) is 10.9 Å². The van der Waals surface area contributed by atoms with Crippen molar-refractivity contribution >= 4 is 22.9 Å². The molecule has 1 nitrogen and oxygen atoms in total. The minimum atomic E-state index is -0.473. The standard InChI is InChI=1S/C15H16ClFOS/c16-15-11(4-1-8-14(15)17)10-12(18)5-2-6-13-7-3-9-19-13/h1,3-4,7-9,12,18H,2,5-6,10H2. The topological polar surface area (TPSA) is 20.2 Å². The van der Waals surface area contributed by atoms with Crippen molar-refractivity contribution in [2.24, 2.45) is 0 Å². The molecule has 102 valence electrons. The highest BCUT2D eigenvalue weighted by molar-refractivity contribution is 7.09. The van der Waals surface area contributed by atoms with Crippen LogP contribution in [0.4, 0.5) is 4.39 Å². The Bertz CT molecular complexity index is 513. The van der Waals surface area contributed by atoms with E-state index in [9.17, 15) is 9.50 Å². The molecule has 2 aromatic rings. The molecule has 0 amide bonds. The molecular formula is C15H16ClFOS. The Kier molecular flexibility index (Phi) is 5.37. The summed E-state index contributed by atoms with van der Waals surface area (Å²) in [5.74, 6) is -0.426. The van der Waals surface area contributed by atoms with Crippen LogP contribution in [0.2, 0.25) is 5.02 Å². The van der Waals surface area contributed by atoms with Gasteiger partial charge in [-0.15, -0.1) is 11.3 Å². The Labute approximate surface area is 121 Å². The maximum Gasteiger partial charge on any atom is 0.142 e. The molecule has 0 aliphatic rings. The molecule has 1 aromatic heterocycles. The normalized spacial score (nSPS) is 12.6. The van der Waals surface area contributed by atoms with Gasteiger partial charge in [-0.25, -0.2) is 4.39 Å². The van der Waals surface area contributed by atoms with Gasteiger partial charge in [0.15, 0.2) is 0 Å². The average molecular weight is 299 g/mol. The molecule has 19 heavy (non-hydrogen) atoms. The lowest BCUT2D eigenvalue weighted by atomic mass is 10.0. The summed E-state index contributed by atoms with van der Waals surface area (Å²) in [4.78, 5) is 1.33. The maximum absolute atomic E-state index is 13.3. The summed E-state index contributed by atoms with van der Waals surface area (Å²) in [5.41, 5.74) is 0.672. The second-order valence-electron chi connectivity index (χ2n) is 4.54. The minimum absolute atomic E-state index is 0.125. The summed E-state index contributed by atoms with van der Waals surface area (Å²) in [5, 5.41) is 12.1. The first-order valence-electron chi connectivity index (χ1n) is 6.30. The predicted octanol–water partition coefficient (Wildman–Crippen LogP) is 4.47. The minimum Gasteiger partial charge on any atom is -0.393 e. The van der Waals surface area contributed by atoms with Crippen molar-refractivity contribution in [1.82, 2.24) is 0 Å². The molecule has 0 fully saturated rings. The summed E-state index contributed by atoms with van der Waals surface area (Å²) in [6.45, 7) is 0. The average Bonchev–Trinajstić information content (AvgIpc) is 2.88. The van der Waals surface area contributed by atoms with Gasteiger partial charge in [0.25, 0.3) is 0 Å². The molecule has 1 N–H and O–H groups in total. The summed E-state index contributed by atoms with van der Waals surface area (Å²) < 4.78 is 13.3. The lowest BCUT2D eigenvalue weighted by molar-refractivity contribution is 0.162. The molecule has 0 aliphatic carbocycles. The number of benzene rings is 1. The van der Waals surface area contributed by atoms with Gasteiger partial charge in [0.2, 0.25) is 0 Å². The van der Waals surface area contributed by atoms with Gasteiger partial charge < -0.3 is 5.11 Å². The van der Waals surface area contributed by atoms with Gasteiger partial charge in [-0.05, 0) is 48.8 Å². The third-order valence-electron chi connectivity index (χ3n) is 3.03. The molecule has 2 rings (SSSR count). The highest BCUT2D eigenvalue weighted by atomic mass is 35.5. The zero-order valence-corrected chi connectivity index (χ0v) is 12.1. The fraction of sp³-hybridized carbons (Fsp3) is 0.333. The summed E-state index contributed by atoms with van der Waals surface area (Å²) in [6, 6.07) is 8.83. The van der Waals surface area contributed by atoms with Crippen LogP contribution in [-0.4, -0.2) is 11.2 Å². The van der Waals surface area contributed by atoms with Gasteiger partial charge in [-0.2, -0.15) is 0 Å². The van der Waals surface area contributed by atoms with Crippen molar-refractivity contribution in [2.45, 2.75) is 31.8 Å². The number of rotatable bonds is 6. The number of aryl methyl sites for hydroxylation is 1. The lowest BCUT2D eigenvalue weighted by Gasteiger charge is -2.11. The number of halogens is 2. The molecule has 1 aromatic carbocycles. The molecule has 0 saturated carbocycles. The van der Waals surface area contributed by atoms with Crippen molar-refractivity contribution < 1.29 is 9.50 Å². The maximum atomic E-state index is 13.3. The van der Waals surface area contributed by atoms with Crippen LogP contribution in [0.5, 0.6) is 0 Å². The zero-order chi connectivity index (χ0) is 13.7. The van der Waals surface area contributed by atoms with Crippen LogP contribution in [0.3, 0.4) is 0 Å². The van der Waals surface area contributed by atoms with E-state index in [-0.39, 0.29) is 5.02 Å². The van der Waals surface area contributed by atoms with Crippen LogP contribution < -0.4 is 0 Å². The van der Waals surface area contributed by atoms with Crippen molar-refractivity contribution in [3.63, 3.8) is 0 Å². The van der Waals surface area contributed by atoms with Gasteiger partial charge in [0.05, 0.1) is 11.1 Å². The van der Waals surface area contributed by atoms with E-state index >= 15 is 0 Å². The second kappa shape index (κ2) is 7.04. The smallest absolute Gasteiger partial charge is 0.142 e. The van der Waals surface area contributed by atoms with E-state index in [0.717, 1.165) is 12.8 Å². The highest BCUT2D eigenvalue weighted by Gasteiger charge is 2.11. The molecule has 0 bridgehead atoms. The molecule has 1 unspecified atom stereocenters. The van der Waals surface area contributed by atoms with E-state index < -0.39 is 11.9 Å². The Morgan fingerprint density at radius 2 is 2.11 bits per heavy atom. The Morgan fingerprint density at radius 3 is 2.84 bits per heavy atom. The van der Waals surface area contributed by atoms with Gasteiger partial charge in [-0.3, -0.25) is 0 Å². The van der Waals surface area contributed by atoms with Crippen molar-refractivity contribution in [1.29, 1.82) is 0 Å². The molecule has 0 aliphatic heterocycles. The molecular weight excluding hydrogens is 283 g/mol. The first kappa shape index (κ1) is 14.5. The monoisotopic (exact) mass is 298 g/mol. The van der Waals surface area contributed by atoms with Crippen LogP contribution >= 0.6 is 22.9 Å². The molecule has 1 heterocycles. The quantitative estimate of drug-likeness (QED) is 0.834. The Hall–Kier alpha value is -0.900. The van der Waals surface area contributed by atoms with Gasteiger partial charge in [0, 0.05) is 4.88 Å². The molecule has 4 heteroatoms. The predicted molar refractivity (Wildman–Crippen MR) is 78.4 cm³/mol. The van der Waals surface area contributed by atoms with Crippen LogP contribution in [0.1, 0.15) is 23.3 Å². The van der Waals surface area contributed by atoms with E-state index in [0.29, 0.717) is 18.4 Å². The second-order valence-corrected chi connectivity index (χ2v) is 5.95. The summed E-state index contributed by atoms with van der Waals surface area (Å²) in [6.07, 6.45) is 2.53. The van der Waals surface area contributed by atoms with Crippen LogP contribution in [0.25, 0.3) is 0 Å². The number of aliphatic hydroxyl groups excluding tert-OH is 1. The third-order valence-corrected chi connectivity index (χ3v) is 4.39. The van der Waals surface area contributed by atoms with Crippen molar-refractivity contribution in [2.75, 3.05) is 0 Å². The van der Waals surface area contributed by atoms with Gasteiger partial charge in [-0.1, -0.05) is 29.8 Å². The largest absolute Gasteiger partial charge is 0.393 e. The number of aliphatic hydroxyl groups is 1. The number of hydrogen-bond acceptors (Lipinski definition) is 2. The molecule has 0 saturated heterocycles. The fourth-order valence-electron chi connectivity index (χ4n) is 2.03. The van der Waals surface area contributed by atoms with Crippen molar-refractivity contribution in [3.05, 3.63) is 57.0 Å². The summed E-state index contributed by atoms with van der Waals surface area (Å²) >= 11 is 7.60. The SMILES string of the molecule is OC(CCCc1cccs1)Cc1cccc(F)c1Cl. The van der Waals surface area contributed by atoms with Gasteiger partial charge >= 0.3 is 0 Å². The first-order valence-corrected chi connectivity index (χ1v) is 7.56. The Balaban J connectivity index is 1.80. The van der Waals surface area contributed by atoms with Crippen molar-refractivity contribution in [3.8, 4) is 0 Å². The zero-order valence-electron chi connectivity index (χ0n) is 10.5. The molecule has 0 radical (unpaired) electrons. The highest BCUT2D eigenvalue weighted by Crippen LogP contribution is 2.22. The van der Waals surface area contributed by atoms with E-state index in [4.69, 9.17) is 11.6 Å². The van der Waals surface area contributed by atoms with E-state index in [2.05, 4.69) is 11.4 Å². The molecule has 0 spiro atoms. The van der Waals surface area contributed by atoms with E-state index in [1.807, 2.05) is 6.07 Å². The van der Waals surface area contributed by atoms with Gasteiger partial charge in [0.1, 0.15) is 5.82 Å². The fourth-order valence-corrected chi connectivity index (χ4v) is 2.98. The Morgan fingerprint density at radius 1 is 1.26 bits per heavy atom. The van der Waals surface area contributed by atoms with E-state index in [1.54, 1.807) is 23.5 Å². The lowest BCUT2D eigenvalue weighted by Crippen LogP contribution is -2.11. The number of hydrogen-bond donors (Lipinski definition) is 1. The van der Waals surface area contributed by atoms with Crippen LogP contribution in [0.15, 0.2) is 35.7 Å². The van der Waals surface area contributed by atoms with Crippen LogP contribution in [-0.2, 0) is 12.8 Å². The third kappa shape index (κ3) is 4.30. The first-order chi connectivity index (χ1) is 9.16. The number of thiophene rings is 1.